The van der Waals surface area contributed by atoms with Crippen molar-refractivity contribution in [2.45, 2.75) is 9.79 Å². The average molecular weight is 582 g/mol. The number of ether oxygens (including phenoxy) is 2. The predicted molar refractivity (Wildman–Crippen MR) is 153 cm³/mol. The Morgan fingerprint density at radius 1 is 0.650 bits per heavy atom. The largest absolute Gasteiger partial charge is 0.497 e. The first kappa shape index (κ1) is 28.5. The summed E-state index contributed by atoms with van der Waals surface area (Å²) in [5.74, 6) is 0.695. The number of anilines is 3. The van der Waals surface area contributed by atoms with Crippen LogP contribution in [-0.4, -0.2) is 44.0 Å². The van der Waals surface area contributed by atoms with E-state index in [1.165, 1.54) is 81.9 Å². The van der Waals surface area contributed by atoms with Crippen molar-refractivity contribution >= 4 is 43.0 Å². The lowest BCUT2D eigenvalue weighted by atomic mass is 10.2. The molecule has 0 atom stereocenters. The highest BCUT2D eigenvalue weighted by atomic mass is 32.2. The van der Waals surface area contributed by atoms with Gasteiger partial charge in [0.2, 0.25) is 0 Å². The molecule has 12 heteroatoms. The van der Waals surface area contributed by atoms with Gasteiger partial charge in [-0.25, -0.2) is 16.8 Å². The number of benzene rings is 4. The molecule has 0 aromatic heterocycles. The molecule has 0 aliphatic rings. The number of hydrogen-bond acceptors (Lipinski definition) is 7. The van der Waals surface area contributed by atoms with E-state index in [9.17, 15) is 21.6 Å². The van der Waals surface area contributed by atoms with Gasteiger partial charge in [0.15, 0.2) is 0 Å². The third-order valence-corrected chi connectivity index (χ3v) is 9.17. The average Bonchev–Trinajstić information content (AvgIpc) is 2.97. The van der Waals surface area contributed by atoms with E-state index < -0.39 is 26.0 Å². The summed E-state index contributed by atoms with van der Waals surface area (Å²) in [4.78, 5) is 12.9. The molecule has 0 unspecified atom stereocenters. The minimum absolute atomic E-state index is 0.0202. The molecule has 0 radical (unpaired) electrons. The lowest BCUT2D eigenvalue weighted by Crippen LogP contribution is -2.26. The van der Waals surface area contributed by atoms with E-state index in [2.05, 4.69) is 10.0 Å². The summed E-state index contributed by atoms with van der Waals surface area (Å²) in [5, 5.41) is 2.70. The number of carbonyl (C=O) groups is 1. The van der Waals surface area contributed by atoms with Crippen LogP contribution in [0.2, 0.25) is 0 Å². The Kier molecular flexibility index (Phi) is 8.31. The number of methoxy groups -OCH3 is 2. The highest BCUT2D eigenvalue weighted by Crippen LogP contribution is 2.25. The van der Waals surface area contributed by atoms with Crippen molar-refractivity contribution in [1.82, 2.24) is 0 Å². The quantitative estimate of drug-likeness (QED) is 0.280. The Labute approximate surface area is 233 Å². The van der Waals surface area contributed by atoms with Crippen LogP contribution in [0.4, 0.5) is 17.1 Å². The van der Waals surface area contributed by atoms with Gasteiger partial charge in [-0.2, -0.15) is 0 Å². The maximum Gasteiger partial charge on any atom is 0.264 e. The summed E-state index contributed by atoms with van der Waals surface area (Å²) >= 11 is 0. The molecule has 10 nitrogen and oxygen atoms in total. The lowest BCUT2D eigenvalue weighted by Gasteiger charge is -2.20. The molecule has 4 aromatic rings. The second-order valence-corrected chi connectivity index (χ2v) is 12.2. The molecule has 2 N–H and O–H groups in total. The van der Waals surface area contributed by atoms with Crippen LogP contribution in [0.5, 0.6) is 11.5 Å². The van der Waals surface area contributed by atoms with Crippen molar-refractivity contribution in [3.8, 4) is 11.5 Å². The van der Waals surface area contributed by atoms with E-state index in [4.69, 9.17) is 9.47 Å². The Morgan fingerprint density at radius 3 is 1.65 bits per heavy atom. The molecule has 208 valence electrons. The number of rotatable bonds is 10. The SMILES string of the molecule is COc1ccc(NS(=O)(=O)c2ccc(NC(=O)c3ccc(N(C)S(=O)(=O)c4ccc(OC)cc4)cc3)cc2)cc1. The molecular weight excluding hydrogens is 554 g/mol. The van der Waals surface area contributed by atoms with Crippen molar-refractivity contribution in [2.24, 2.45) is 0 Å². The topological polar surface area (TPSA) is 131 Å². The Bertz CT molecular complexity index is 1690. The van der Waals surface area contributed by atoms with Gasteiger partial charge in [-0.05, 0) is 97.1 Å². The van der Waals surface area contributed by atoms with Gasteiger partial charge >= 0.3 is 0 Å². The molecule has 0 bridgehead atoms. The molecule has 0 fully saturated rings. The Morgan fingerprint density at radius 2 is 1.12 bits per heavy atom. The standard InChI is InChI=1S/C28H27N3O7S2/c1-31(40(35,36)27-18-14-25(38-3)15-19-27)23-10-4-20(5-11-23)28(32)29-21-8-16-26(17-9-21)39(33,34)30-22-6-12-24(37-2)13-7-22/h4-19,30H,1-3H3,(H,29,32). The van der Waals surface area contributed by atoms with Crippen molar-refractivity contribution in [1.29, 1.82) is 0 Å². The number of nitrogens with zero attached hydrogens (tertiary/aromatic N) is 1. The minimum atomic E-state index is -3.84. The van der Waals surface area contributed by atoms with Gasteiger partial charge in [0.05, 0.1) is 29.7 Å². The molecule has 0 spiro atoms. The summed E-state index contributed by atoms with van der Waals surface area (Å²) in [5.41, 5.74) is 1.42. The van der Waals surface area contributed by atoms with Crippen LogP contribution >= 0.6 is 0 Å². The van der Waals surface area contributed by atoms with Crippen molar-refractivity contribution in [3.05, 3.63) is 103 Å². The highest BCUT2D eigenvalue weighted by molar-refractivity contribution is 7.93. The zero-order valence-corrected chi connectivity index (χ0v) is 23.5. The molecule has 0 aliphatic heterocycles. The molecular formula is C28H27N3O7S2. The van der Waals surface area contributed by atoms with Gasteiger partial charge in [0.1, 0.15) is 11.5 Å². The zero-order valence-electron chi connectivity index (χ0n) is 21.9. The first-order chi connectivity index (χ1) is 19.0. The molecule has 4 aromatic carbocycles. The smallest absolute Gasteiger partial charge is 0.264 e. The maximum atomic E-state index is 13.0. The number of hydrogen-bond donors (Lipinski definition) is 2. The van der Waals surface area contributed by atoms with E-state index in [0.717, 1.165) is 4.31 Å². The normalized spacial score (nSPS) is 11.4. The van der Waals surface area contributed by atoms with Gasteiger partial charge < -0.3 is 14.8 Å². The third kappa shape index (κ3) is 6.35. The number of carbonyl (C=O) groups excluding carboxylic acids is 1. The third-order valence-electron chi connectivity index (χ3n) is 5.98. The first-order valence-electron chi connectivity index (χ1n) is 11.8. The fraction of sp³-hybridized carbons (Fsp3) is 0.107. The van der Waals surface area contributed by atoms with Crippen LogP contribution < -0.4 is 23.8 Å². The van der Waals surface area contributed by atoms with Crippen LogP contribution in [0.15, 0.2) is 107 Å². The summed E-state index contributed by atoms with van der Waals surface area (Å²) in [6.45, 7) is 0. The highest BCUT2D eigenvalue weighted by Gasteiger charge is 2.22. The number of amides is 1. The van der Waals surface area contributed by atoms with E-state index >= 15 is 0 Å². The zero-order chi connectivity index (χ0) is 28.9. The van der Waals surface area contributed by atoms with Crippen LogP contribution in [0.25, 0.3) is 0 Å². The minimum Gasteiger partial charge on any atom is -0.497 e. The maximum absolute atomic E-state index is 13.0. The van der Waals surface area contributed by atoms with E-state index in [-0.39, 0.29) is 15.4 Å². The summed E-state index contributed by atoms with van der Waals surface area (Å²) < 4.78 is 65.1. The molecule has 0 heterocycles. The van der Waals surface area contributed by atoms with E-state index in [0.29, 0.717) is 28.6 Å². The predicted octanol–water partition coefficient (Wildman–Crippen LogP) is 4.58. The van der Waals surface area contributed by atoms with Gasteiger partial charge in [0.25, 0.3) is 26.0 Å². The van der Waals surface area contributed by atoms with Crippen molar-refractivity contribution < 1.29 is 31.1 Å². The van der Waals surface area contributed by atoms with Crippen molar-refractivity contribution in [3.63, 3.8) is 0 Å². The van der Waals surface area contributed by atoms with Crippen molar-refractivity contribution in [2.75, 3.05) is 35.6 Å². The van der Waals surface area contributed by atoms with E-state index in [1.807, 2.05) is 0 Å². The molecule has 0 aliphatic carbocycles. The number of nitrogens with one attached hydrogen (secondary N) is 2. The lowest BCUT2D eigenvalue weighted by molar-refractivity contribution is 0.102. The van der Waals surface area contributed by atoms with Crippen LogP contribution in [0, 0.1) is 0 Å². The van der Waals surface area contributed by atoms with Gasteiger partial charge in [-0.3, -0.25) is 13.8 Å². The fourth-order valence-corrected chi connectivity index (χ4v) is 5.92. The van der Waals surface area contributed by atoms with Gasteiger partial charge in [0, 0.05) is 24.0 Å². The fourth-order valence-electron chi connectivity index (χ4n) is 3.66. The molecule has 0 saturated heterocycles. The first-order valence-corrected chi connectivity index (χ1v) is 14.8. The monoisotopic (exact) mass is 581 g/mol. The van der Waals surface area contributed by atoms with Crippen LogP contribution in [0.1, 0.15) is 10.4 Å². The molecule has 4 rings (SSSR count). The Hall–Kier alpha value is -4.55. The van der Waals surface area contributed by atoms with Gasteiger partial charge in [-0.15, -0.1) is 0 Å². The van der Waals surface area contributed by atoms with Crippen LogP contribution in [-0.2, 0) is 20.0 Å². The Balaban J connectivity index is 1.41. The second-order valence-electron chi connectivity index (χ2n) is 8.51. The summed E-state index contributed by atoms with van der Waals surface area (Å²) in [6.07, 6.45) is 0. The second kappa shape index (κ2) is 11.7. The summed E-state index contributed by atoms with van der Waals surface area (Å²) in [7, 11) is -3.22. The van der Waals surface area contributed by atoms with Crippen LogP contribution in [0.3, 0.4) is 0 Å². The molecule has 1 amide bonds. The molecule has 40 heavy (non-hydrogen) atoms. The van der Waals surface area contributed by atoms with E-state index in [1.54, 1.807) is 36.4 Å². The number of sulfonamides is 2. The summed E-state index contributed by atoms with van der Waals surface area (Å²) in [6, 6.07) is 24.3. The van der Waals surface area contributed by atoms with Gasteiger partial charge in [-0.1, -0.05) is 0 Å². The molecule has 0 saturated carbocycles.